The van der Waals surface area contributed by atoms with Gasteiger partial charge in [0.25, 0.3) is 5.91 Å². The van der Waals surface area contributed by atoms with Crippen molar-refractivity contribution in [1.29, 1.82) is 0 Å². The Kier molecular flexibility index (Phi) is 6.19. The van der Waals surface area contributed by atoms with Gasteiger partial charge in [0.2, 0.25) is 0 Å². The van der Waals surface area contributed by atoms with E-state index < -0.39 is 0 Å². The Bertz CT molecular complexity index is 794. The molecule has 6 nitrogen and oxygen atoms in total. The number of anilines is 1. The largest absolute Gasteiger partial charge is 0.493 e. The summed E-state index contributed by atoms with van der Waals surface area (Å²) in [7, 11) is 3.25. The van der Waals surface area contributed by atoms with Crippen molar-refractivity contribution in [3.63, 3.8) is 0 Å². The molecule has 144 valence electrons. The van der Waals surface area contributed by atoms with Crippen molar-refractivity contribution < 1.29 is 19.0 Å². The zero-order valence-corrected chi connectivity index (χ0v) is 16.0. The summed E-state index contributed by atoms with van der Waals surface area (Å²) in [5.41, 5.74) is 2.42. The summed E-state index contributed by atoms with van der Waals surface area (Å²) in [6.07, 6.45) is 0.613. The first-order chi connectivity index (χ1) is 13.2. The van der Waals surface area contributed by atoms with Crippen LogP contribution in [0.15, 0.2) is 42.5 Å². The molecule has 1 amide bonds. The van der Waals surface area contributed by atoms with Crippen molar-refractivity contribution in [2.75, 3.05) is 39.3 Å². The third kappa shape index (κ3) is 4.01. The van der Waals surface area contributed by atoms with E-state index in [0.717, 1.165) is 17.7 Å². The number of nitrogens with zero attached hydrogens (tertiary/aromatic N) is 1. The highest BCUT2D eigenvalue weighted by atomic mass is 16.5. The molecule has 0 radical (unpaired) electrons. The Balaban J connectivity index is 1.96. The van der Waals surface area contributed by atoms with Gasteiger partial charge in [-0.25, -0.2) is 0 Å². The van der Waals surface area contributed by atoms with Crippen molar-refractivity contribution >= 4 is 11.6 Å². The summed E-state index contributed by atoms with van der Waals surface area (Å²) in [5.74, 6) is 1.34. The molecule has 0 saturated carbocycles. The SMILES string of the molecule is CCCOc1ccc(C2Nc3ccccc3C(=O)N2CCOC)cc1OC. The number of hydrogen-bond acceptors (Lipinski definition) is 5. The van der Waals surface area contributed by atoms with E-state index in [-0.39, 0.29) is 12.1 Å². The number of methoxy groups -OCH3 is 2. The molecular formula is C21H26N2O4. The molecule has 1 aliphatic rings. The van der Waals surface area contributed by atoms with E-state index in [1.54, 1.807) is 19.1 Å². The highest BCUT2D eigenvalue weighted by molar-refractivity contribution is 6.01. The number of rotatable bonds is 8. The average molecular weight is 370 g/mol. The number of amides is 1. The van der Waals surface area contributed by atoms with Crippen LogP contribution in [0.25, 0.3) is 0 Å². The predicted molar refractivity (Wildman–Crippen MR) is 104 cm³/mol. The van der Waals surface area contributed by atoms with Crippen molar-refractivity contribution in [2.45, 2.75) is 19.5 Å². The van der Waals surface area contributed by atoms with E-state index in [2.05, 4.69) is 12.2 Å². The van der Waals surface area contributed by atoms with E-state index in [9.17, 15) is 4.79 Å². The Morgan fingerprint density at radius 2 is 1.89 bits per heavy atom. The van der Waals surface area contributed by atoms with Crippen molar-refractivity contribution in [1.82, 2.24) is 4.90 Å². The van der Waals surface area contributed by atoms with Gasteiger partial charge in [-0.1, -0.05) is 25.1 Å². The molecule has 6 heteroatoms. The van der Waals surface area contributed by atoms with Gasteiger partial charge < -0.3 is 24.4 Å². The summed E-state index contributed by atoms with van der Waals surface area (Å²) in [6, 6.07) is 13.3. The molecule has 0 saturated heterocycles. The smallest absolute Gasteiger partial charge is 0.257 e. The molecule has 0 fully saturated rings. The molecule has 27 heavy (non-hydrogen) atoms. The minimum atomic E-state index is -0.309. The molecule has 1 N–H and O–H groups in total. The van der Waals surface area contributed by atoms with Crippen LogP contribution in [0.3, 0.4) is 0 Å². The second-order valence-corrected chi connectivity index (χ2v) is 6.34. The second-order valence-electron chi connectivity index (χ2n) is 6.34. The van der Waals surface area contributed by atoms with Crippen LogP contribution in [0, 0.1) is 0 Å². The Labute approximate surface area is 160 Å². The molecule has 0 aliphatic carbocycles. The summed E-state index contributed by atoms with van der Waals surface area (Å²) >= 11 is 0. The summed E-state index contributed by atoms with van der Waals surface area (Å²) in [5, 5.41) is 3.47. The zero-order chi connectivity index (χ0) is 19.2. The number of hydrogen-bond donors (Lipinski definition) is 1. The van der Waals surface area contributed by atoms with Gasteiger partial charge in [0.15, 0.2) is 11.5 Å². The maximum atomic E-state index is 13.0. The molecule has 0 spiro atoms. The van der Waals surface area contributed by atoms with Crippen LogP contribution in [0.1, 0.15) is 35.4 Å². The molecule has 1 aliphatic heterocycles. The lowest BCUT2D eigenvalue weighted by molar-refractivity contribution is 0.0609. The summed E-state index contributed by atoms with van der Waals surface area (Å²) in [4.78, 5) is 14.8. The lowest BCUT2D eigenvalue weighted by Crippen LogP contribution is -2.44. The number of para-hydroxylation sites is 1. The standard InChI is InChI=1S/C21H26N2O4/c1-4-12-27-18-10-9-15(14-19(18)26-3)20-22-17-8-6-5-7-16(17)21(24)23(20)11-13-25-2/h5-10,14,20,22H,4,11-13H2,1-3H3. The van der Waals surface area contributed by atoms with Crippen molar-refractivity contribution in [2.24, 2.45) is 0 Å². The van der Waals surface area contributed by atoms with Crippen LogP contribution in [-0.4, -0.2) is 44.8 Å². The van der Waals surface area contributed by atoms with Crippen LogP contribution in [0.2, 0.25) is 0 Å². The van der Waals surface area contributed by atoms with Crippen LogP contribution >= 0.6 is 0 Å². The van der Waals surface area contributed by atoms with Gasteiger partial charge in [0.1, 0.15) is 6.17 Å². The molecule has 1 atom stereocenters. The van der Waals surface area contributed by atoms with E-state index in [1.165, 1.54) is 0 Å². The molecule has 1 unspecified atom stereocenters. The number of carbonyl (C=O) groups excluding carboxylic acids is 1. The molecule has 2 aromatic carbocycles. The number of nitrogens with one attached hydrogen (secondary N) is 1. The number of carbonyl (C=O) groups is 1. The monoisotopic (exact) mass is 370 g/mol. The fraction of sp³-hybridized carbons (Fsp3) is 0.381. The maximum absolute atomic E-state index is 13.0. The van der Waals surface area contributed by atoms with Crippen LogP contribution < -0.4 is 14.8 Å². The van der Waals surface area contributed by atoms with Crippen LogP contribution in [-0.2, 0) is 4.74 Å². The zero-order valence-electron chi connectivity index (χ0n) is 16.0. The van der Waals surface area contributed by atoms with Crippen LogP contribution in [0.5, 0.6) is 11.5 Å². The van der Waals surface area contributed by atoms with E-state index in [0.29, 0.717) is 36.8 Å². The van der Waals surface area contributed by atoms with Gasteiger partial charge in [0, 0.05) is 19.3 Å². The Hall–Kier alpha value is -2.73. The number of ether oxygens (including phenoxy) is 3. The Morgan fingerprint density at radius 1 is 1.07 bits per heavy atom. The summed E-state index contributed by atoms with van der Waals surface area (Å²) < 4.78 is 16.5. The van der Waals surface area contributed by atoms with E-state index >= 15 is 0 Å². The fourth-order valence-corrected chi connectivity index (χ4v) is 3.16. The first-order valence-electron chi connectivity index (χ1n) is 9.15. The van der Waals surface area contributed by atoms with E-state index in [4.69, 9.17) is 14.2 Å². The normalized spacial score (nSPS) is 15.9. The van der Waals surface area contributed by atoms with Gasteiger partial charge in [-0.05, 0) is 36.2 Å². The quantitative estimate of drug-likeness (QED) is 0.768. The molecule has 3 rings (SSSR count). The second kappa shape index (κ2) is 8.77. The molecule has 0 aromatic heterocycles. The maximum Gasteiger partial charge on any atom is 0.257 e. The average Bonchev–Trinajstić information content (AvgIpc) is 2.71. The molecule has 1 heterocycles. The van der Waals surface area contributed by atoms with Gasteiger partial charge >= 0.3 is 0 Å². The number of fused-ring (bicyclic) bond motifs is 1. The lowest BCUT2D eigenvalue weighted by atomic mass is 10.0. The Morgan fingerprint density at radius 3 is 2.63 bits per heavy atom. The van der Waals surface area contributed by atoms with Gasteiger partial charge in [-0.3, -0.25) is 4.79 Å². The topological polar surface area (TPSA) is 60.0 Å². The molecular weight excluding hydrogens is 344 g/mol. The van der Waals surface area contributed by atoms with Crippen molar-refractivity contribution in [3.05, 3.63) is 53.6 Å². The van der Waals surface area contributed by atoms with E-state index in [1.807, 2.05) is 42.5 Å². The van der Waals surface area contributed by atoms with Gasteiger partial charge in [-0.2, -0.15) is 0 Å². The fourth-order valence-electron chi connectivity index (χ4n) is 3.16. The third-order valence-electron chi connectivity index (χ3n) is 4.52. The highest BCUT2D eigenvalue weighted by Crippen LogP contribution is 2.36. The van der Waals surface area contributed by atoms with Crippen molar-refractivity contribution in [3.8, 4) is 11.5 Å². The summed E-state index contributed by atoms with van der Waals surface area (Å²) in [6.45, 7) is 3.63. The third-order valence-corrected chi connectivity index (χ3v) is 4.52. The molecule has 2 aromatic rings. The first kappa shape index (κ1) is 19.0. The number of benzene rings is 2. The lowest BCUT2D eigenvalue weighted by Gasteiger charge is -2.38. The molecule has 0 bridgehead atoms. The highest BCUT2D eigenvalue weighted by Gasteiger charge is 2.32. The van der Waals surface area contributed by atoms with Gasteiger partial charge in [0.05, 0.1) is 25.9 Å². The van der Waals surface area contributed by atoms with Gasteiger partial charge in [-0.15, -0.1) is 0 Å². The minimum Gasteiger partial charge on any atom is -0.493 e. The minimum absolute atomic E-state index is 0.0170. The van der Waals surface area contributed by atoms with Crippen LogP contribution in [0.4, 0.5) is 5.69 Å². The first-order valence-corrected chi connectivity index (χ1v) is 9.15. The predicted octanol–water partition coefficient (Wildman–Crippen LogP) is 3.70.